The van der Waals surface area contributed by atoms with Gasteiger partial charge in [-0.25, -0.2) is 0 Å². The molecule has 100 valence electrons. The molecular weight excluding hydrogens is 216 g/mol. The normalized spacial score (nSPS) is 26.9. The summed E-state index contributed by atoms with van der Waals surface area (Å²) in [6.07, 6.45) is 3.05. The third-order valence-corrected chi connectivity index (χ3v) is 3.14. The molecule has 1 aliphatic carbocycles. The molecule has 1 rings (SSSR count). The van der Waals surface area contributed by atoms with Gasteiger partial charge in [0.05, 0.1) is 6.10 Å². The van der Waals surface area contributed by atoms with E-state index in [0.717, 1.165) is 19.3 Å². The first kappa shape index (κ1) is 14.5. The van der Waals surface area contributed by atoms with Crippen LogP contribution in [0.3, 0.4) is 0 Å². The number of amides is 1. The molecule has 0 aromatic carbocycles. The fourth-order valence-electron chi connectivity index (χ4n) is 2.25. The number of carbonyl (C=O) groups excluding carboxylic acids is 1. The molecule has 4 nitrogen and oxygen atoms in total. The van der Waals surface area contributed by atoms with Crippen molar-refractivity contribution in [3.8, 4) is 0 Å². The Hall–Kier alpha value is -0.610. The van der Waals surface area contributed by atoms with E-state index < -0.39 is 6.10 Å². The Kier molecular flexibility index (Phi) is 4.95. The van der Waals surface area contributed by atoms with E-state index >= 15 is 0 Å². The lowest BCUT2D eigenvalue weighted by atomic mass is 10.1. The molecule has 1 fully saturated rings. The molecule has 1 saturated carbocycles. The van der Waals surface area contributed by atoms with Gasteiger partial charge in [0.25, 0.3) is 0 Å². The van der Waals surface area contributed by atoms with Crippen LogP contribution in [0.4, 0.5) is 0 Å². The van der Waals surface area contributed by atoms with Crippen molar-refractivity contribution >= 4 is 5.91 Å². The van der Waals surface area contributed by atoms with E-state index in [9.17, 15) is 4.79 Å². The van der Waals surface area contributed by atoms with Crippen molar-refractivity contribution in [2.75, 3.05) is 6.54 Å². The lowest BCUT2D eigenvalue weighted by Crippen LogP contribution is -2.47. The maximum atomic E-state index is 11.9. The topological polar surface area (TPSA) is 64.3 Å². The Morgan fingerprint density at radius 3 is 2.65 bits per heavy atom. The van der Waals surface area contributed by atoms with Gasteiger partial charge in [-0.2, -0.15) is 0 Å². The standard InChI is InChI=1S/C13H26N2O2/c1-9(12(16)15-13(2,3)4)17-11-7-5-6-10(11)8-14/h9-11H,5-8,14H2,1-4H3,(H,15,16). The molecule has 0 radical (unpaired) electrons. The Balaban J connectivity index is 2.43. The molecule has 4 heteroatoms. The summed E-state index contributed by atoms with van der Waals surface area (Å²) in [5.74, 6) is 0.375. The highest BCUT2D eigenvalue weighted by Gasteiger charge is 2.30. The Labute approximate surface area is 104 Å². The van der Waals surface area contributed by atoms with Gasteiger partial charge in [0.1, 0.15) is 6.10 Å². The van der Waals surface area contributed by atoms with Crippen LogP contribution in [0, 0.1) is 5.92 Å². The predicted octanol–water partition coefficient (Wildman–Crippen LogP) is 1.43. The van der Waals surface area contributed by atoms with Gasteiger partial charge >= 0.3 is 0 Å². The number of hydrogen-bond donors (Lipinski definition) is 2. The van der Waals surface area contributed by atoms with Crippen LogP contribution in [0.5, 0.6) is 0 Å². The first-order valence-corrected chi connectivity index (χ1v) is 6.51. The molecule has 0 saturated heterocycles. The Morgan fingerprint density at radius 1 is 1.47 bits per heavy atom. The van der Waals surface area contributed by atoms with Crippen molar-refractivity contribution < 1.29 is 9.53 Å². The van der Waals surface area contributed by atoms with Crippen molar-refractivity contribution in [1.82, 2.24) is 5.32 Å². The van der Waals surface area contributed by atoms with Gasteiger partial charge in [0, 0.05) is 5.54 Å². The molecule has 1 amide bonds. The van der Waals surface area contributed by atoms with E-state index in [1.165, 1.54) is 0 Å². The second kappa shape index (κ2) is 5.83. The van der Waals surface area contributed by atoms with Gasteiger partial charge in [-0.1, -0.05) is 6.42 Å². The monoisotopic (exact) mass is 242 g/mol. The summed E-state index contributed by atoms with van der Waals surface area (Å²) in [5, 5.41) is 2.93. The van der Waals surface area contributed by atoms with Gasteiger partial charge in [0.15, 0.2) is 0 Å². The minimum absolute atomic E-state index is 0.0415. The minimum Gasteiger partial charge on any atom is -0.365 e. The van der Waals surface area contributed by atoms with E-state index in [1.807, 2.05) is 27.7 Å². The Morgan fingerprint density at radius 2 is 2.12 bits per heavy atom. The molecule has 3 unspecified atom stereocenters. The average Bonchev–Trinajstić information content (AvgIpc) is 2.62. The van der Waals surface area contributed by atoms with Crippen molar-refractivity contribution in [3.05, 3.63) is 0 Å². The molecule has 0 bridgehead atoms. The summed E-state index contributed by atoms with van der Waals surface area (Å²) in [7, 11) is 0. The number of hydrogen-bond acceptors (Lipinski definition) is 3. The second-order valence-electron chi connectivity index (χ2n) is 5.98. The average molecular weight is 242 g/mol. The maximum absolute atomic E-state index is 11.9. The van der Waals surface area contributed by atoms with Crippen LogP contribution < -0.4 is 11.1 Å². The molecule has 0 heterocycles. The van der Waals surface area contributed by atoms with Crippen LogP contribution in [0.1, 0.15) is 47.0 Å². The van der Waals surface area contributed by atoms with E-state index in [4.69, 9.17) is 10.5 Å². The van der Waals surface area contributed by atoms with Crippen molar-refractivity contribution in [3.63, 3.8) is 0 Å². The van der Waals surface area contributed by atoms with Crippen molar-refractivity contribution in [1.29, 1.82) is 0 Å². The number of nitrogens with two attached hydrogens (primary N) is 1. The largest absolute Gasteiger partial charge is 0.365 e. The van der Waals surface area contributed by atoms with Crippen LogP contribution in [0.2, 0.25) is 0 Å². The highest BCUT2D eigenvalue weighted by molar-refractivity contribution is 5.81. The third-order valence-electron chi connectivity index (χ3n) is 3.14. The van der Waals surface area contributed by atoms with Crippen LogP contribution in [-0.2, 0) is 9.53 Å². The maximum Gasteiger partial charge on any atom is 0.249 e. The van der Waals surface area contributed by atoms with Gasteiger partial charge in [-0.15, -0.1) is 0 Å². The molecule has 3 N–H and O–H groups in total. The molecule has 0 spiro atoms. The molecule has 17 heavy (non-hydrogen) atoms. The number of ether oxygens (including phenoxy) is 1. The van der Waals surface area contributed by atoms with Crippen LogP contribution in [0.15, 0.2) is 0 Å². The van der Waals surface area contributed by atoms with E-state index in [1.54, 1.807) is 0 Å². The second-order valence-corrected chi connectivity index (χ2v) is 5.98. The summed E-state index contributed by atoms with van der Waals surface area (Å²) >= 11 is 0. The summed E-state index contributed by atoms with van der Waals surface area (Å²) in [5.41, 5.74) is 5.49. The van der Waals surface area contributed by atoms with Crippen LogP contribution in [0.25, 0.3) is 0 Å². The molecule has 0 aliphatic heterocycles. The van der Waals surface area contributed by atoms with Gasteiger partial charge in [-0.3, -0.25) is 4.79 Å². The quantitative estimate of drug-likeness (QED) is 0.784. The highest BCUT2D eigenvalue weighted by Crippen LogP contribution is 2.28. The fraction of sp³-hybridized carbons (Fsp3) is 0.923. The first-order valence-electron chi connectivity index (χ1n) is 6.51. The number of carbonyl (C=O) groups is 1. The lowest BCUT2D eigenvalue weighted by Gasteiger charge is -2.26. The third kappa shape index (κ3) is 4.64. The summed E-state index contributed by atoms with van der Waals surface area (Å²) < 4.78 is 5.83. The Bertz CT molecular complexity index is 261. The summed E-state index contributed by atoms with van der Waals surface area (Å²) in [4.78, 5) is 11.9. The molecule has 3 atom stereocenters. The SMILES string of the molecule is CC(OC1CCCC1CN)C(=O)NC(C)(C)C. The molecular formula is C13H26N2O2. The van der Waals surface area contributed by atoms with Gasteiger partial charge in [0.2, 0.25) is 5.91 Å². The number of nitrogens with one attached hydrogen (secondary N) is 1. The number of rotatable bonds is 4. The van der Waals surface area contributed by atoms with E-state index in [-0.39, 0.29) is 17.6 Å². The first-order chi connectivity index (χ1) is 7.83. The smallest absolute Gasteiger partial charge is 0.249 e. The van der Waals surface area contributed by atoms with Crippen molar-refractivity contribution in [2.45, 2.75) is 64.7 Å². The van der Waals surface area contributed by atoms with Gasteiger partial charge in [-0.05, 0) is 53.0 Å². The zero-order valence-electron chi connectivity index (χ0n) is 11.5. The highest BCUT2D eigenvalue weighted by atomic mass is 16.5. The van der Waals surface area contributed by atoms with Gasteiger partial charge < -0.3 is 15.8 Å². The molecule has 1 aliphatic rings. The predicted molar refractivity (Wildman–Crippen MR) is 68.6 cm³/mol. The molecule has 0 aromatic heterocycles. The van der Waals surface area contributed by atoms with E-state index in [2.05, 4.69) is 5.32 Å². The zero-order chi connectivity index (χ0) is 13.1. The fourth-order valence-corrected chi connectivity index (χ4v) is 2.25. The van der Waals surface area contributed by atoms with Crippen LogP contribution >= 0.6 is 0 Å². The summed E-state index contributed by atoms with van der Waals surface area (Å²) in [6.45, 7) is 8.37. The lowest BCUT2D eigenvalue weighted by molar-refractivity contribution is -0.138. The summed E-state index contributed by atoms with van der Waals surface area (Å²) in [6, 6.07) is 0. The van der Waals surface area contributed by atoms with Crippen molar-refractivity contribution in [2.24, 2.45) is 11.7 Å². The van der Waals surface area contributed by atoms with Crippen LogP contribution in [-0.4, -0.2) is 30.2 Å². The zero-order valence-corrected chi connectivity index (χ0v) is 11.5. The molecule has 0 aromatic rings. The van der Waals surface area contributed by atoms with E-state index in [0.29, 0.717) is 12.5 Å². The minimum atomic E-state index is -0.397.